The molecule has 0 bridgehead atoms. The SMILES string of the molecule is C=CCNC(=O)c1ccc(S(=O)(=O)N(C)CC2CCCCO2)cc1. The molecule has 1 aromatic carbocycles. The van der Waals surface area contributed by atoms with Crippen molar-refractivity contribution in [3.8, 4) is 0 Å². The summed E-state index contributed by atoms with van der Waals surface area (Å²) >= 11 is 0. The van der Waals surface area contributed by atoms with Crippen molar-refractivity contribution in [3.63, 3.8) is 0 Å². The van der Waals surface area contributed by atoms with E-state index in [1.807, 2.05) is 0 Å². The molecular weight excluding hydrogens is 328 g/mol. The average molecular weight is 352 g/mol. The maximum atomic E-state index is 12.6. The second-order valence-electron chi connectivity index (χ2n) is 5.80. The van der Waals surface area contributed by atoms with Gasteiger partial charge >= 0.3 is 0 Å². The van der Waals surface area contributed by atoms with E-state index < -0.39 is 10.0 Å². The minimum Gasteiger partial charge on any atom is -0.377 e. The number of carbonyl (C=O) groups excluding carboxylic acids is 1. The first-order valence-corrected chi connectivity index (χ1v) is 9.46. The van der Waals surface area contributed by atoms with Gasteiger partial charge in [-0.2, -0.15) is 4.31 Å². The molecule has 2 rings (SSSR count). The molecule has 1 saturated heterocycles. The third-order valence-corrected chi connectivity index (χ3v) is 5.80. The van der Waals surface area contributed by atoms with Crippen LogP contribution in [0.15, 0.2) is 41.8 Å². The van der Waals surface area contributed by atoms with Gasteiger partial charge in [0, 0.05) is 32.3 Å². The Bertz CT molecular complexity index is 664. The number of ether oxygens (including phenoxy) is 1. The summed E-state index contributed by atoms with van der Waals surface area (Å²) in [5.41, 5.74) is 0.411. The van der Waals surface area contributed by atoms with E-state index in [0.29, 0.717) is 25.3 Å². The van der Waals surface area contributed by atoms with Crippen molar-refractivity contribution >= 4 is 15.9 Å². The summed E-state index contributed by atoms with van der Waals surface area (Å²) in [7, 11) is -2.04. The molecule has 24 heavy (non-hydrogen) atoms. The monoisotopic (exact) mass is 352 g/mol. The summed E-state index contributed by atoms with van der Waals surface area (Å²) in [5.74, 6) is -0.261. The molecule has 0 aliphatic carbocycles. The molecule has 0 aromatic heterocycles. The molecule has 1 amide bonds. The average Bonchev–Trinajstić information content (AvgIpc) is 2.60. The largest absolute Gasteiger partial charge is 0.377 e. The molecule has 0 saturated carbocycles. The molecule has 0 radical (unpaired) electrons. The Morgan fingerprint density at radius 3 is 2.67 bits per heavy atom. The number of benzene rings is 1. The van der Waals surface area contributed by atoms with Crippen LogP contribution >= 0.6 is 0 Å². The van der Waals surface area contributed by atoms with Crippen LogP contribution in [-0.4, -0.2) is 51.5 Å². The molecule has 1 atom stereocenters. The Kier molecular flexibility index (Phi) is 6.53. The van der Waals surface area contributed by atoms with Crippen LogP contribution in [0, 0.1) is 0 Å². The van der Waals surface area contributed by atoms with Gasteiger partial charge in [-0.3, -0.25) is 4.79 Å². The number of rotatable bonds is 7. The van der Waals surface area contributed by atoms with E-state index in [2.05, 4.69) is 11.9 Å². The van der Waals surface area contributed by atoms with Gasteiger partial charge in [-0.25, -0.2) is 8.42 Å². The number of amides is 1. The summed E-state index contributed by atoms with van der Waals surface area (Å²) in [5, 5.41) is 2.65. The number of hydrogen-bond donors (Lipinski definition) is 1. The molecule has 132 valence electrons. The summed E-state index contributed by atoms with van der Waals surface area (Å²) in [6.07, 6.45) is 4.50. The number of nitrogens with one attached hydrogen (secondary N) is 1. The quantitative estimate of drug-likeness (QED) is 0.759. The fraction of sp³-hybridized carbons (Fsp3) is 0.471. The highest BCUT2D eigenvalue weighted by Crippen LogP contribution is 2.19. The molecule has 6 nitrogen and oxygen atoms in total. The minimum atomic E-state index is -3.59. The molecule has 7 heteroatoms. The Hall–Kier alpha value is -1.70. The lowest BCUT2D eigenvalue weighted by atomic mass is 10.1. The highest BCUT2D eigenvalue weighted by molar-refractivity contribution is 7.89. The normalized spacial score (nSPS) is 18.3. The lowest BCUT2D eigenvalue weighted by Gasteiger charge is -2.27. The smallest absolute Gasteiger partial charge is 0.251 e. The molecule has 1 aliphatic rings. The molecule has 1 aromatic rings. The molecule has 0 spiro atoms. The van der Waals surface area contributed by atoms with Crippen LogP contribution in [0.5, 0.6) is 0 Å². The third kappa shape index (κ3) is 4.66. The molecule has 1 heterocycles. The van der Waals surface area contributed by atoms with Crippen LogP contribution in [-0.2, 0) is 14.8 Å². The van der Waals surface area contributed by atoms with Crippen molar-refractivity contribution in [3.05, 3.63) is 42.5 Å². The standard InChI is InChI=1S/C17H24N2O4S/c1-3-11-18-17(20)14-7-9-16(10-8-14)24(21,22)19(2)13-15-6-4-5-12-23-15/h3,7-10,15H,1,4-6,11-13H2,2H3,(H,18,20). The van der Waals surface area contributed by atoms with Gasteiger partial charge in [0.2, 0.25) is 10.0 Å². The molecule has 1 fully saturated rings. The highest BCUT2D eigenvalue weighted by atomic mass is 32.2. The number of likely N-dealkylation sites (N-methyl/N-ethyl adjacent to an activating group) is 1. The maximum absolute atomic E-state index is 12.6. The van der Waals surface area contributed by atoms with Crippen molar-refractivity contribution in [1.82, 2.24) is 9.62 Å². The van der Waals surface area contributed by atoms with E-state index in [1.165, 1.54) is 28.6 Å². The van der Waals surface area contributed by atoms with Crippen LogP contribution in [0.3, 0.4) is 0 Å². The van der Waals surface area contributed by atoms with Gasteiger partial charge < -0.3 is 10.1 Å². The maximum Gasteiger partial charge on any atom is 0.251 e. The van der Waals surface area contributed by atoms with Gasteiger partial charge in [-0.1, -0.05) is 6.08 Å². The van der Waals surface area contributed by atoms with E-state index in [-0.39, 0.29) is 16.9 Å². The van der Waals surface area contributed by atoms with Crippen LogP contribution in [0.1, 0.15) is 29.6 Å². The van der Waals surface area contributed by atoms with Gasteiger partial charge in [0.05, 0.1) is 11.0 Å². The number of nitrogens with zero attached hydrogens (tertiary/aromatic N) is 1. The van der Waals surface area contributed by atoms with Crippen LogP contribution < -0.4 is 5.32 Å². The summed E-state index contributed by atoms with van der Waals surface area (Å²) in [4.78, 5) is 12.0. The first-order valence-electron chi connectivity index (χ1n) is 8.02. The van der Waals surface area contributed by atoms with Gasteiger partial charge in [0.25, 0.3) is 5.91 Å². The summed E-state index contributed by atoms with van der Waals surface area (Å²) in [6.45, 7) is 4.92. The van der Waals surface area contributed by atoms with E-state index in [1.54, 1.807) is 13.1 Å². The Morgan fingerprint density at radius 1 is 1.38 bits per heavy atom. The zero-order valence-corrected chi connectivity index (χ0v) is 14.7. The minimum absolute atomic E-state index is 0.0533. The molecule has 1 aliphatic heterocycles. The Morgan fingerprint density at radius 2 is 2.08 bits per heavy atom. The fourth-order valence-electron chi connectivity index (χ4n) is 2.56. The van der Waals surface area contributed by atoms with Crippen LogP contribution in [0.25, 0.3) is 0 Å². The number of hydrogen-bond acceptors (Lipinski definition) is 4. The van der Waals surface area contributed by atoms with E-state index in [4.69, 9.17) is 4.74 Å². The number of carbonyl (C=O) groups is 1. The van der Waals surface area contributed by atoms with E-state index in [9.17, 15) is 13.2 Å². The van der Waals surface area contributed by atoms with Crippen molar-refractivity contribution in [2.24, 2.45) is 0 Å². The third-order valence-electron chi connectivity index (χ3n) is 3.97. The van der Waals surface area contributed by atoms with Gasteiger partial charge in [-0.05, 0) is 43.5 Å². The lowest BCUT2D eigenvalue weighted by molar-refractivity contribution is 0.00858. The topological polar surface area (TPSA) is 75.7 Å². The zero-order valence-electron chi connectivity index (χ0n) is 13.9. The van der Waals surface area contributed by atoms with Crippen molar-refractivity contribution in [2.75, 3.05) is 26.7 Å². The van der Waals surface area contributed by atoms with Crippen molar-refractivity contribution < 1.29 is 17.9 Å². The van der Waals surface area contributed by atoms with Crippen molar-refractivity contribution in [1.29, 1.82) is 0 Å². The second kappa shape index (κ2) is 8.41. The fourth-order valence-corrected chi connectivity index (χ4v) is 3.76. The molecule has 1 unspecified atom stereocenters. The Labute approximate surface area is 143 Å². The highest BCUT2D eigenvalue weighted by Gasteiger charge is 2.25. The second-order valence-corrected chi connectivity index (χ2v) is 7.84. The lowest BCUT2D eigenvalue weighted by Crippen LogP contribution is -2.37. The van der Waals surface area contributed by atoms with Gasteiger partial charge in [0.15, 0.2) is 0 Å². The predicted molar refractivity (Wildman–Crippen MR) is 92.4 cm³/mol. The van der Waals surface area contributed by atoms with E-state index in [0.717, 1.165) is 19.3 Å². The predicted octanol–water partition coefficient (Wildman–Crippen LogP) is 1.79. The molecular formula is C17H24N2O4S. The van der Waals surface area contributed by atoms with Gasteiger partial charge in [0.1, 0.15) is 0 Å². The molecule has 1 N–H and O–H groups in total. The van der Waals surface area contributed by atoms with E-state index >= 15 is 0 Å². The summed E-state index contributed by atoms with van der Waals surface area (Å²) in [6, 6.07) is 5.93. The summed E-state index contributed by atoms with van der Waals surface area (Å²) < 4.78 is 32.1. The van der Waals surface area contributed by atoms with Gasteiger partial charge in [-0.15, -0.1) is 6.58 Å². The Balaban J connectivity index is 2.05. The first-order chi connectivity index (χ1) is 11.4. The first kappa shape index (κ1) is 18.6. The zero-order chi connectivity index (χ0) is 17.6. The van der Waals surface area contributed by atoms with Crippen LogP contribution in [0.2, 0.25) is 0 Å². The number of sulfonamides is 1. The van der Waals surface area contributed by atoms with Crippen LogP contribution in [0.4, 0.5) is 0 Å². The van der Waals surface area contributed by atoms with Crippen molar-refractivity contribution in [2.45, 2.75) is 30.3 Å².